The van der Waals surface area contributed by atoms with Crippen molar-refractivity contribution in [2.45, 2.75) is 11.8 Å². The lowest BCUT2D eigenvalue weighted by molar-refractivity contribution is 0.245. The molecule has 3 heteroatoms. The molecule has 0 saturated heterocycles. The van der Waals surface area contributed by atoms with Gasteiger partial charge in [0.1, 0.15) is 0 Å². The molecule has 0 spiro atoms. The van der Waals surface area contributed by atoms with E-state index in [2.05, 4.69) is 0 Å². The van der Waals surface area contributed by atoms with Crippen LogP contribution in [-0.4, -0.2) is 28.8 Å². The van der Waals surface area contributed by atoms with Crippen molar-refractivity contribution in [3.8, 4) is 0 Å². The van der Waals surface area contributed by atoms with Gasteiger partial charge in [-0.2, -0.15) is 0 Å². The molecule has 44 valence electrons. The molecule has 7 heavy (non-hydrogen) atoms. The van der Waals surface area contributed by atoms with Crippen molar-refractivity contribution in [2.75, 3.05) is 13.2 Å². The zero-order chi connectivity index (χ0) is 5.70. The van der Waals surface area contributed by atoms with Gasteiger partial charge in [-0.1, -0.05) is 0 Å². The second kappa shape index (κ2) is 4.37. The number of halogens is 1. The van der Waals surface area contributed by atoms with Gasteiger partial charge in [-0.25, -0.2) is 0 Å². The second-order valence-electron chi connectivity index (χ2n) is 1.29. The maximum absolute atomic E-state index is 8.22. The van der Waals surface area contributed by atoms with Gasteiger partial charge in [0.25, 0.3) is 0 Å². The van der Waals surface area contributed by atoms with Crippen molar-refractivity contribution >= 4 is 11.6 Å². The quantitative estimate of drug-likeness (QED) is 0.519. The van der Waals surface area contributed by atoms with Gasteiger partial charge in [-0.3, -0.25) is 0 Å². The van der Waals surface area contributed by atoms with Crippen LogP contribution in [0.5, 0.6) is 0 Å². The zero-order valence-corrected chi connectivity index (χ0v) is 4.73. The monoisotopic (exact) mass is 124 g/mol. The van der Waals surface area contributed by atoms with E-state index in [1.165, 1.54) is 0 Å². The van der Waals surface area contributed by atoms with E-state index in [0.29, 0.717) is 6.42 Å². The van der Waals surface area contributed by atoms with Gasteiger partial charge in [0.15, 0.2) is 0 Å². The highest BCUT2D eigenvalue weighted by Crippen LogP contribution is 1.97. The number of aliphatic hydroxyl groups excluding tert-OH is 2. The third kappa shape index (κ3) is 4.05. The molecule has 0 radical (unpaired) electrons. The van der Waals surface area contributed by atoms with E-state index in [-0.39, 0.29) is 18.6 Å². The third-order valence-corrected chi connectivity index (χ3v) is 0.997. The topological polar surface area (TPSA) is 40.5 Å². The van der Waals surface area contributed by atoms with Gasteiger partial charge in [-0.15, -0.1) is 11.6 Å². The number of alkyl halides is 1. The summed E-state index contributed by atoms with van der Waals surface area (Å²) < 4.78 is 0. The molecule has 1 unspecified atom stereocenters. The first-order valence-corrected chi connectivity index (χ1v) is 2.60. The molecule has 2 nitrogen and oxygen atoms in total. The van der Waals surface area contributed by atoms with Crippen LogP contribution in [0, 0.1) is 0 Å². The molecule has 0 aliphatic carbocycles. The van der Waals surface area contributed by atoms with Crippen LogP contribution in [0.3, 0.4) is 0 Å². The van der Waals surface area contributed by atoms with Gasteiger partial charge in [-0.05, 0) is 6.42 Å². The van der Waals surface area contributed by atoms with Crippen LogP contribution in [0.1, 0.15) is 6.42 Å². The fourth-order valence-electron chi connectivity index (χ4n) is 0.231. The maximum Gasteiger partial charge on any atom is 0.0596 e. The van der Waals surface area contributed by atoms with Crippen LogP contribution in [-0.2, 0) is 0 Å². The number of rotatable bonds is 3. The van der Waals surface area contributed by atoms with E-state index in [9.17, 15) is 0 Å². The molecule has 0 saturated carbocycles. The molecule has 0 aromatic carbocycles. The lowest BCUT2D eigenvalue weighted by Gasteiger charge is -1.98. The van der Waals surface area contributed by atoms with E-state index in [0.717, 1.165) is 0 Å². The van der Waals surface area contributed by atoms with Gasteiger partial charge in [0, 0.05) is 6.61 Å². The second-order valence-corrected chi connectivity index (χ2v) is 1.91. The minimum absolute atomic E-state index is 0.0503. The summed E-state index contributed by atoms with van der Waals surface area (Å²) in [5.74, 6) is 0. The van der Waals surface area contributed by atoms with E-state index in [4.69, 9.17) is 21.8 Å². The minimum Gasteiger partial charge on any atom is -0.396 e. The van der Waals surface area contributed by atoms with Crippen LogP contribution in [0.4, 0.5) is 0 Å². The highest BCUT2D eigenvalue weighted by atomic mass is 35.5. The minimum atomic E-state index is -0.273. The zero-order valence-electron chi connectivity index (χ0n) is 3.97. The summed E-state index contributed by atoms with van der Waals surface area (Å²) in [5.41, 5.74) is 0. The highest BCUT2D eigenvalue weighted by Gasteiger charge is 1.97. The lowest BCUT2D eigenvalue weighted by Crippen LogP contribution is -2.05. The van der Waals surface area contributed by atoms with Crippen molar-refractivity contribution in [1.82, 2.24) is 0 Å². The number of hydrogen-bond donors (Lipinski definition) is 2. The van der Waals surface area contributed by atoms with E-state index in [1.807, 2.05) is 0 Å². The molecule has 0 aromatic rings. The fraction of sp³-hybridized carbons (Fsp3) is 1.00. The van der Waals surface area contributed by atoms with E-state index >= 15 is 0 Å². The summed E-state index contributed by atoms with van der Waals surface area (Å²) >= 11 is 5.36. The van der Waals surface area contributed by atoms with Crippen LogP contribution in [0.25, 0.3) is 0 Å². The van der Waals surface area contributed by atoms with Crippen molar-refractivity contribution < 1.29 is 10.2 Å². The number of aliphatic hydroxyl groups is 2. The van der Waals surface area contributed by atoms with Gasteiger partial charge in [0.05, 0.1) is 12.0 Å². The van der Waals surface area contributed by atoms with Crippen LogP contribution >= 0.6 is 11.6 Å². The van der Waals surface area contributed by atoms with Gasteiger partial charge in [0.2, 0.25) is 0 Å². The Labute approximate surface area is 47.7 Å². The first-order valence-electron chi connectivity index (χ1n) is 2.17. The summed E-state index contributed by atoms with van der Waals surface area (Å²) in [6, 6.07) is 0. The predicted octanol–water partition coefficient (Wildman–Crippen LogP) is -0.0315. The molecule has 0 rings (SSSR count). The Bertz CT molecular complexity index is 40.7. The largest absolute Gasteiger partial charge is 0.396 e. The van der Waals surface area contributed by atoms with E-state index in [1.54, 1.807) is 0 Å². The summed E-state index contributed by atoms with van der Waals surface area (Å²) in [5, 5.41) is 16.1. The lowest BCUT2D eigenvalue weighted by atomic mass is 10.3. The average molecular weight is 125 g/mol. The van der Waals surface area contributed by atoms with Crippen LogP contribution in [0.15, 0.2) is 0 Å². The molecular weight excluding hydrogens is 115 g/mol. The number of hydrogen-bond acceptors (Lipinski definition) is 2. The van der Waals surface area contributed by atoms with Gasteiger partial charge < -0.3 is 10.2 Å². The SMILES string of the molecule is OCCC(Cl)CO. The standard InChI is InChI=1S/C4H9ClO2/c5-4(3-7)1-2-6/h4,6-7H,1-3H2. The highest BCUT2D eigenvalue weighted by molar-refractivity contribution is 6.20. The molecule has 0 bridgehead atoms. The summed E-state index contributed by atoms with van der Waals surface area (Å²) in [4.78, 5) is 0. The predicted molar refractivity (Wildman–Crippen MR) is 28.4 cm³/mol. The first-order chi connectivity index (χ1) is 3.31. The Morgan fingerprint density at radius 1 is 1.43 bits per heavy atom. The first kappa shape index (κ1) is 7.21. The van der Waals surface area contributed by atoms with E-state index < -0.39 is 0 Å². The molecule has 0 aromatic heterocycles. The van der Waals surface area contributed by atoms with Crippen molar-refractivity contribution in [3.63, 3.8) is 0 Å². The van der Waals surface area contributed by atoms with Crippen LogP contribution < -0.4 is 0 Å². The molecule has 0 heterocycles. The molecule has 0 aliphatic rings. The Balaban J connectivity index is 2.83. The molecule has 2 N–H and O–H groups in total. The van der Waals surface area contributed by atoms with Crippen molar-refractivity contribution in [1.29, 1.82) is 0 Å². The molecule has 0 amide bonds. The Hall–Kier alpha value is 0.210. The van der Waals surface area contributed by atoms with Crippen molar-refractivity contribution in [3.05, 3.63) is 0 Å². The molecule has 0 fully saturated rings. The molecule has 0 aliphatic heterocycles. The summed E-state index contributed by atoms with van der Waals surface area (Å²) in [6.07, 6.45) is 0.470. The Morgan fingerprint density at radius 2 is 2.00 bits per heavy atom. The normalized spacial score (nSPS) is 14.1. The molecular formula is C4H9ClO2. The van der Waals surface area contributed by atoms with Crippen LogP contribution in [0.2, 0.25) is 0 Å². The average Bonchev–Trinajstić information content (AvgIpc) is 1.68. The maximum atomic E-state index is 8.22. The summed E-state index contributed by atoms with van der Waals surface area (Å²) in [6.45, 7) is -0.00313. The third-order valence-electron chi connectivity index (χ3n) is 0.640. The fourth-order valence-corrected chi connectivity index (χ4v) is 0.329. The van der Waals surface area contributed by atoms with Crippen molar-refractivity contribution in [2.24, 2.45) is 0 Å². The smallest absolute Gasteiger partial charge is 0.0596 e. The summed E-state index contributed by atoms with van der Waals surface area (Å²) in [7, 11) is 0. The Kier molecular flexibility index (Phi) is 4.50. The molecule has 1 atom stereocenters. The Morgan fingerprint density at radius 3 is 2.14 bits per heavy atom. The van der Waals surface area contributed by atoms with Gasteiger partial charge >= 0.3 is 0 Å².